The van der Waals surface area contributed by atoms with Crippen molar-refractivity contribution in [2.24, 2.45) is 0 Å². The van der Waals surface area contributed by atoms with E-state index < -0.39 is 12.3 Å². The lowest BCUT2D eigenvalue weighted by atomic mass is 10.1. The van der Waals surface area contributed by atoms with E-state index in [1.165, 1.54) is 0 Å². The molecule has 4 nitrogen and oxygen atoms in total. The highest BCUT2D eigenvalue weighted by Gasteiger charge is 2.27. The van der Waals surface area contributed by atoms with Crippen LogP contribution in [-0.4, -0.2) is 97.7 Å². The first-order valence-corrected chi connectivity index (χ1v) is 12.8. The Balaban J connectivity index is 0. The van der Waals surface area contributed by atoms with Gasteiger partial charge in [-0.1, -0.05) is 27.7 Å². The van der Waals surface area contributed by atoms with Crippen molar-refractivity contribution in [2.45, 2.75) is 113 Å². The van der Waals surface area contributed by atoms with E-state index in [1.54, 1.807) is 0 Å². The molecule has 0 radical (unpaired) electrons. The predicted octanol–water partition coefficient (Wildman–Crippen LogP) is 5.66. The van der Waals surface area contributed by atoms with Crippen molar-refractivity contribution in [3.05, 3.63) is 0 Å². The van der Waals surface area contributed by atoms with Crippen molar-refractivity contribution in [3.8, 4) is 0 Å². The summed E-state index contributed by atoms with van der Waals surface area (Å²) in [6.07, 6.45) is 0.392. The maximum Gasteiger partial charge on any atom is 0.125 e. The van der Waals surface area contributed by atoms with E-state index in [9.17, 15) is 8.78 Å². The second-order valence-electron chi connectivity index (χ2n) is 8.69. The van der Waals surface area contributed by atoms with Crippen LogP contribution in [-0.2, 0) is 4.74 Å². The predicted molar refractivity (Wildman–Crippen MR) is 133 cm³/mol. The zero-order valence-corrected chi connectivity index (χ0v) is 22.5. The SMILES string of the molecule is CC.CC.CC(C)N1CC(F)C1.CC(C)N1CCC(F)CC1.CC(C)N1CCOCC1. The van der Waals surface area contributed by atoms with E-state index in [1.807, 2.05) is 27.7 Å². The molecular weight excluding hydrogens is 396 g/mol. The van der Waals surface area contributed by atoms with Crippen molar-refractivity contribution in [1.82, 2.24) is 14.7 Å². The Labute approximate surface area is 193 Å². The molecule has 190 valence electrons. The van der Waals surface area contributed by atoms with E-state index in [0.717, 1.165) is 52.2 Å². The van der Waals surface area contributed by atoms with Gasteiger partial charge in [-0.25, -0.2) is 8.78 Å². The first-order valence-electron chi connectivity index (χ1n) is 12.8. The van der Waals surface area contributed by atoms with Gasteiger partial charge in [-0.05, 0) is 54.4 Å². The Kier molecular flexibility index (Phi) is 21.5. The van der Waals surface area contributed by atoms with E-state index >= 15 is 0 Å². The molecule has 0 spiro atoms. The molecule has 0 aromatic heterocycles. The summed E-state index contributed by atoms with van der Waals surface area (Å²) in [4.78, 5) is 6.88. The van der Waals surface area contributed by atoms with Crippen LogP contribution in [0.5, 0.6) is 0 Å². The number of nitrogens with zero attached hydrogens (tertiary/aromatic N) is 3. The Morgan fingerprint density at radius 1 is 0.581 bits per heavy atom. The van der Waals surface area contributed by atoms with Gasteiger partial charge in [-0.3, -0.25) is 9.80 Å². The maximum absolute atomic E-state index is 12.6. The Morgan fingerprint density at radius 2 is 0.935 bits per heavy atom. The molecule has 3 fully saturated rings. The van der Waals surface area contributed by atoms with Crippen molar-refractivity contribution >= 4 is 0 Å². The fourth-order valence-electron chi connectivity index (χ4n) is 3.36. The summed E-state index contributed by atoms with van der Waals surface area (Å²) in [7, 11) is 0. The van der Waals surface area contributed by atoms with Crippen LogP contribution in [0.3, 0.4) is 0 Å². The van der Waals surface area contributed by atoms with Crippen LogP contribution >= 0.6 is 0 Å². The molecule has 0 N–H and O–H groups in total. The quantitative estimate of drug-likeness (QED) is 0.551. The van der Waals surface area contributed by atoms with E-state index in [2.05, 4.69) is 56.2 Å². The molecule has 3 aliphatic rings. The molecule has 6 heteroatoms. The van der Waals surface area contributed by atoms with Crippen molar-refractivity contribution in [3.63, 3.8) is 0 Å². The molecule has 0 aromatic rings. The Bertz CT molecular complexity index is 364. The zero-order valence-electron chi connectivity index (χ0n) is 22.5. The fourth-order valence-corrected chi connectivity index (χ4v) is 3.36. The molecule has 31 heavy (non-hydrogen) atoms. The summed E-state index contributed by atoms with van der Waals surface area (Å²) in [5, 5.41) is 0. The lowest BCUT2D eigenvalue weighted by Gasteiger charge is -2.37. The fraction of sp³-hybridized carbons (Fsp3) is 1.00. The smallest absolute Gasteiger partial charge is 0.125 e. The normalized spacial score (nSPS) is 21.0. The summed E-state index contributed by atoms with van der Waals surface area (Å²) < 4.78 is 29.9. The van der Waals surface area contributed by atoms with E-state index in [-0.39, 0.29) is 0 Å². The van der Waals surface area contributed by atoms with Crippen LogP contribution in [0.25, 0.3) is 0 Å². The molecule has 0 saturated carbocycles. The highest BCUT2D eigenvalue weighted by atomic mass is 19.1. The molecule has 3 rings (SSSR count). The Morgan fingerprint density at radius 3 is 1.19 bits per heavy atom. The summed E-state index contributed by atoms with van der Waals surface area (Å²) in [6.45, 7) is 28.2. The maximum atomic E-state index is 12.6. The topological polar surface area (TPSA) is 19.0 Å². The Hall–Kier alpha value is -0.300. The molecule has 3 heterocycles. The number of hydrogen-bond donors (Lipinski definition) is 0. The van der Waals surface area contributed by atoms with Crippen LogP contribution in [0.1, 0.15) is 82.1 Å². The largest absolute Gasteiger partial charge is 0.379 e. The lowest BCUT2D eigenvalue weighted by Crippen LogP contribution is -2.51. The van der Waals surface area contributed by atoms with Gasteiger partial charge in [0.25, 0.3) is 0 Å². The van der Waals surface area contributed by atoms with Crippen LogP contribution in [0, 0.1) is 0 Å². The van der Waals surface area contributed by atoms with Crippen molar-refractivity contribution in [2.75, 3.05) is 52.5 Å². The van der Waals surface area contributed by atoms with Gasteiger partial charge >= 0.3 is 0 Å². The molecule has 0 bridgehead atoms. The minimum absolute atomic E-state index is 0.530. The molecule has 0 aliphatic carbocycles. The minimum Gasteiger partial charge on any atom is -0.379 e. The molecule has 3 aliphatic heterocycles. The van der Waals surface area contributed by atoms with Crippen LogP contribution in [0.2, 0.25) is 0 Å². The number of likely N-dealkylation sites (tertiary alicyclic amines) is 2. The molecule has 0 amide bonds. The second kappa shape index (κ2) is 20.3. The third kappa shape index (κ3) is 16.0. The van der Waals surface area contributed by atoms with Gasteiger partial charge in [0.05, 0.1) is 13.2 Å². The van der Waals surface area contributed by atoms with Crippen molar-refractivity contribution in [1.29, 1.82) is 0 Å². The van der Waals surface area contributed by atoms with E-state index in [0.29, 0.717) is 31.2 Å². The molecule has 0 unspecified atom stereocenters. The van der Waals surface area contributed by atoms with Crippen LogP contribution in [0.4, 0.5) is 8.78 Å². The van der Waals surface area contributed by atoms with Crippen LogP contribution in [0.15, 0.2) is 0 Å². The van der Waals surface area contributed by atoms with E-state index in [4.69, 9.17) is 4.74 Å². The lowest BCUT2D eigenvalue weighted by molar-refractivity contribution is 0.0238. The third-order valence-corrected chi connectivity index (χ3v) is 5.56. The average molecular weight is 452 g/mol. The van der Waals surface area contributed by atoms with Crippen LogP contribution < -0.4 is 0 Å². The van der Waals surface area contributed by atoms with Gasteiger partial charge < -0.3 is 9.64 Å². The number of alkyl halides is 2. The highest BCUT2D eigenvalue weighted by molar-refractivity contribution is 4.81. The van der Waals surface area contributed by atoms with Gasteiger partial charge in [-0.2, -0.15) is 0 Å². The number of morpholine rings is 1. The number of rotatable bonds is 3. The first-order chi connectivity index (χ1) is 14.7. The van der Waals surface area contributed by atoms with Gasteiger partial charge in [0.1, 0.15) is 12.3 Å². The second-order valence-corrected chi connectivity index (χ2v) is 8.69. The van der Waals surface area contributed by atoms with Gasteiger partial charge in [0.2, 0.25) is 0 Å². The minimum atomic E-state index is -0.544. The summed E-state index contributed by atoms with van der Waals surface area (Å²) >= 11 is 0. The number of hydrogen-bond acceptors (Lipinski definition) is 4. The average Bonchev–Trinajstić information content (AvgIpc) is 2.76. The standard InChI is InChI=1S/C8H16FN.C7H15NO.C6H12FN.2C2H6/c1-7(2)10-5-3-8(9)4-6-10;1-7(2)8-3-5-9-6-4-8;1-5(2)8-3-6(7)4-8;2*1-2/h7-8H,3-6H2,1-2H3;7H,3-6H2,1-2H3;5-6H,3-4H2,1-2H3;2*1-2H3. The third-order valence-electron chi connectivity index (χ3n) is 5.56. The first kappa shape index (κ1) is 32.9. The monoisotopic (exact) mass is 451 g/mol. The molecule has 0 atom stereocenters. The highest BCUT2D eigenvalue weighted by Crippen LogP contribution is 2.15. The molecule has 0 aromatic carbocycles. The summed E-state index contributed by atoms with van der Waals surface area (Å²) in [6, 6.07) is 1.81. The number of halogens is 2. The van der Waals surface area contributed by atoms with Crippen molar-refractivity contribution < 1.29 is 13.5 Å². The zero-order chi connectivity index (χ0) is 24.4. The van der Waals surface area contributed by atoms with Gasteiger partial charge in [-0.15, -0.1) is 0 Å². The van der Waals surface area contributed by atoms with Gasteiger partial charge in [0, 0.05) is 57.4 Å². The summed E-state index contributed by atoms with van der Waals surface area (Å²) in [5.41, 5.74) is 0. The molecular formula is C25H55F2N3O. The van der Waals surface area contributed by atoms with Gasteiger partial charge in [0.15, 0.2) is 0 Å². The summed E-state index contributed by atoms with van der Waals surface area (Å²) in [5.74, 6) is 0. The number of piperidine rings is 1. The number of ether oxygens (including phenoxy) is 1. The molecule has 3 saturated heterocycles.